The van der Waals surface area contributed by atoms with Crippen molar-refractivity contribution in [1.29, 1.82) is 0 Å². The number of carbonyl (C=O) groups is 2. The first kappa shape index (κ1) is 24.0. The highest BCUT2D eigenvalue weighted by Crippen LogP contribution is 2.40. The molecule has 1 aromatic heterocycles. The number of amides is 1. The van der Waals surface area contributed by atoms with E-state index in [1.54, 1.807) is 19.3 Å². The van der Waals surface area contributed by atoms with Gasteiger partial charge in [0.05, 0.1) is 24.3 Å². The number of halogens is 1. The van der Waals surface area contributed by atoms with E-state index in [9.17, 15) is 9.59 Å². The van der Waals surface area contributed by atoms with E-state index in [1.807, 2.05) is 36.4 Å². The van der Waals surface area contributed by atoms with Crippen molar-refractivity contribution in [2.75, 3.05) is 19.5 Å². The highest BCUT2D eigenvalue weighted by Gasteiger charge is 2.27. The van der Waals surface area contributed by atoms with Crippen molar-refractivity contribution in [2.24, 2.45) is 0 Å². The van der Waals surface area contributed by atoms with Gasteiger partial charge in [-0.2, -0.15) is 0 Å². The number of hydrogen-bond donors (Lipinski definition) is 1. The predicted octanol–water partition coefficient (Wildman–Crippen LogP) is 6.03. The lowest BCUT2D eigenvalue weighted by Gasteiger charge is -2.13. The molecule has 0 atom stereocenters. The molecule has 0 spiro atoms. The van der Waals surface area contributed by atoms with E-state index in [1.165, 1.54) is 24.5 Å². The molecular weight excluding hydrogens is 518 g/mol. The number of aryl methyl sites for hydroxylation is 1. The van der Waals surface area contributed by atoms with Gasteiger partial charge in [-0.3, -0.25) is 4.79 Å². The van der Waals surface area contributed by atoms with E-state index in [-0.39, 0.29) is 5.91 Å². The molecule has 6 nitrogen and oxygen atoms in total. The normalized spacial score (nSPS) is 12.4. The van der Waals surface area contributed by atoms with E-state index in [0.717, 1.165) is 40.8 Å². The fraction of sp³-hybridized carbons (Fsp3) is 0.231. The summed E-state index contributed by atoms with van der Waals surface area (Å²) < 4.78 is 17.1. The molecule has 34 heavy (non-hydrogen) atoms. The minimum atomic E-state index is -0.418. The molecule has 0 saturated carbocycles. The highest BCUT2D eigenvalue weighted by atomic mass is 79.9. The second kappa shape index (κ2) is 10.9. The van der Waals surface area contributed by atoms with Crippen molar-refractivity contribution in [3.05, 3.63) is 80.1 Å². The lowest BCUT2D eigenvalue weighted by atomic mass is 10.1. The second-order valence-corrected chi connectivity index (χ2v) is 9.64. The SMILES string of the molecule is COC(=O)c1c(NC(=O)/C=C/c2cc(Br)c(OCc3ccccc3)c(OC)c2)sc2c1CCC2. The first-order valence-electron chi connectivity index (χ1n) is 10.8. The Kier molecular flexibility index (Phi) is 7.70. The molecule has 3 aromatic rings. The molecule has 1 amide bonds. The first-order valence-corrected chi connectivity index (χ1v) is 12.4. The first-order chi connectivity index (χ1) is 16.5. The van der Waals surface area contributed by atoms with E-state index in [4.69, 9.17) is 14.2 Å². The Morgan fingerprint density at radius 1 is 1.15 bits per heavy atom. The number of benzene rings is 2. The minimum Gasteiger partial charge on any atom is -0.493 e. The molecule has 1 N–H and O–H groups in total. The summed E-state index contributed by atoms with van der Waals surface area (Å²) in [6, 6.07) is 13.5. The number of ether oxygens (including phenoxy) is 3. The predicted molar refractivity (Wildman–Crippen MR) is 137 cm³/mol. The topological polar surface area (TPSA) is 73.9 Å². The zero-order valence-electron chi connectivity index (χ0n) is 18.9. The van der Waals surface area contributed by atoms with E-state index < -0.39 is 5.97 Å². The molecule has 4 rings (SSSR count). The average molecular weight is 542 g/mol. The molecule has 176 valence electrons. The summed E-state index contributed by atoms with van der Waals surface area (Å²) >= 11 is 4.99. The summed E-state index contributed by atoms with van der Waals surface area (Å²) in [6.45, 7) is 0.403. The van der Waals surface area contributed by atoms with Crippen molar-refractivity contribution in [3.63, 3.8) is 0 Å². The van der Waals surface area contributed by atoms with Crippen molar-refractivity contribution in [1.82, 2.24) is 0 Å². The summed E-state index contributed by atoms with van der Waals surface area (Å²) in [5.41, 5.74) is 3.28. The van der Waals surface area contributed by atoms with Gasteiger partial charge < -0.3 is 19.5 Å². The molecule has 0 unspecified atom stereocenters. The third-order valence-electron chi connectivity index (χ3n) is 5.45. The number of fused-ring (bicyclic) bond motifs is 1. The molecule has 1 aliphatic rings. The maximum atomic E-state index is 12.6. The van der Waals surface area contributed by atoms with Crippen LogP contribution in [0.3, 0.4) is 0 Å². The minimum absolute atomic E-state index is 0.329. The van der Waals surface area contributed by atoms with Gasteiger partial charge in [0.15, 0.2) is 11.5 Å². The Morgan fingerprint density at radius 3 is 2.68 bits per heavy atom. The second-order valence-electron chi connectivity index (χ2n) is 7.68. The number of carbonyl (C=O) groups excluding carboxylic acids is 2. The van der Waals surface area contributed by atoms with Crippen LogP contribution >= 0.6 is 27.3 Å². The Balaban J connectivity index is 1.48. The zero-order chi connectivity index (χ0) is 24.1. The van der Waals surface area contributed by atoms with Gasteiger partial charge in [0.1, 0.15) is 11.6 Å². The number of nitrogens with one attached hydrogen (secondary N) is 1. The molecule has 0 radical (unpaired) electrons. The van der Waals surface area contributed by atoms with Gasteiger partial charge in [0, 0.05) is 11.0 Å². The van der Waals surface area contributed by atoms with Crippen molar-refractivity contribution in [2.45, 2.75) is 25.9 Å². The summed E-state index contributed by atoms with van der Waals surface area (Å²) in [7, 11) is 2.92. The maximum Gasteiger partial charge on any atom is 0.341 e. The molecule has 0 bridgehead atoms. The lowest BCUT2D eigenvalue weighted by Crippen LogP contribution is -2.12. The van der Waals surface area contributed by atoms with E-state index in [0.29, 0.717) is 33.1 Å². The van der Waals surface area contributed by atoms with Crippen LogP contribution in [-0.4, -0.2) is 26.1 Å². The van der Waals surface area contributed by atoms with Crippen LogP contribution in [0.1, 0.15) is 38.3 Å². The number of esters is 1. The van der Waals surface area contributed by atoms with Crippen LogP contribution in [0.5, 0.6) is 11.5 Å². The molecule has 8 heteroatoms. The molecule has 2 aromatic carbocycles. The smallest absolute Gasteiger partial charge is 0.341 e. The van der Waals surface area contributed by atoms with Gasteiger partial charge in [-0.15, -0.1) is 11.3 Å². The summed E-state index contributed by atoms with van der Waals surface area (Å²) in [6.07, 6.45) is 5.87. The van der Waals surface area contributed by atoms with Crippen LogP contribution in [0.4, 0.5) is 5.00 Å². The Labute approximate surface area is 210 Å². The van der Waals surface area contributed by atoms with Crippen molar-refractivity contribution in [3.8, 4) is 11.5 Å². The number of anilines is 1. The van der Waals surface area contributed by atoms with Crippen LogP contribution in [-0.2, 0) is 29.0 Å². The van der Waals surface area contributed by atoms with Gasteiger partial charge in [0.2, 0.25) is 5.91 Å². The summed E-state index contributed by atoms with van der Waals surface area (Å²) in [4.78, 5) is 26.1. The van der Waals surface area contributed by atoms with Gasteiger partial charge in [-0.1, -0.05) is 30.3 Å². The number of methoxy groups -OCH3 is 2. The van der Waals surface area contributed by atoms with Gasteiger partial charge >= 0.3 is 5.97 Å². The largest absolute Gasteiger partial charge is 0.493 e. The van der Waals surface area contributed by atoms with Crippen LogP contribution in [0.2, 0.25) is 0 Å². The quantitative estimate of drug-likeness (QED) is 0.278. The third-order valence-corrected chi connectivity index (χ3v) is 7.25. The van der Waals surface area contributed by atoms with E-state index >= 15 is 0 Å². The third kappa shape index (κ3) is 5.34. The Hall–Kier alpha value is -3.10. The summed E-state index contributed by atoms with van der Waals surface area (Å²) in [5.74, 6) is 0.389. The van der Waals surface area contributed by atoms with E-state index in [2.05, 4.69) is 21.2 Å². The monoisotopic (exact) mass is 541 g/mol. The molecule has 0 saturated heterocycles. The molecule has 0 fully saturated rings. The zero-order valence-corrected chi connectivity index (χ0v) is 21.3. The van der Waals surface area contributed by atoms with Crippen LogP contribution in [0.15, 0.2) is 53.0 Å². The van der Waals surface area contributed by atoms with Gasteiger partial charge in [0.25, 0.3) is 0 Å². The Bertz CT molecular complexity index is 1240. The van der Waals surface area contributed by atoms with Gasteiger partial charge in [-0.05, 0) is 70.1 Å². The number of rotatable bonds is 8. The maximum absolute atomic E-state index is 12.6. The van der Waals surface area contributed by atoms with Crippen molar-refractivity contribution >= 4 is 50.2 Å². The molecular formula is C26H24BrNO5S. The van der Waals surface area contributed by atoms with Gasteiger partial charge in [-0.25, -0.2) is 4.79 Å². The fourth-order valence-corrected chi connectivity index (χ4v) is 5.70. The fourth-order valence-electron chi connectivity index (χ4n) is 3.84. The van der Waals surface area contributed by atoms with Crippen LogP contribution < -0.4 is 14.8 Å². The number of hydrogen-bond acceptors (Lipinski definition) is 6. The van der Waals surface area contributed by atoms with Crippen molar-refractivity contribution < 1.29 is 23.8 Å². The Morgan fingerprint density at radius 2 is 1.94 bits per heavy atom. The standard InChI is InChI=1S/C26H24BrNO5S/c1-31-20-14-17(13-19(27)24(20)33-15-16-7-4-3-5-8-16)11-12-22(29)28-25-23(26(30)32-2)18-9-6-10-21(18)34-25/h3-5,7-8,11-14H,6,9-10,15H2,1-2H3,(H,28,29)/b12-11+. The number of thiophene rings is 1. The van der Waals surface area contributed by atoms with Crippen LogP contribution in [0, 0.1) is 0 Å². The molecule has 1 aliphatic carbocycles. The van der Waals surface area contributed by atoms with Crippen LogP contribution in [0.25, 0.3) is 6.08 Å². The molecule has 0 aliphatic heterocycles. The highest BCUT2D eigenvalue weighted by molar-refractivity contribution is 9.10. The average Bonchev–Trinajstić information content (AvgIpc) is 3.42. The summed E-state index contributed by atoms with van der Waals surface area (Å²) in [5, 5.41) is 3.38. The molecule has 1 heterocycles. The lowest BCUT2D eigenvalue weighted by molar-refractivity contribution is -0.111.